The van der Waals surface area contributed by atoms with Gasteiger partial charge in [0.1, 0.15) is 0 Å². The smallest absolute Gasteiger partial charge is 0.0836 e. The van der Waals surface area contributed by atoms with E-state index in [2.05, 4.69) is 5.10 Å². The molecule has 0 fully saturated rings. The maximum Gasteiger partial charge on any atom is 0.0836 e. The van der Waals surface area contributed by atoms with Crippen LogP contribution in [0, 0.1) is 6.92 Å². The van der Waals surface area contributed by atoms with Crippen molar-refractivity contribution in [3.05, 3.63) is 45.7 Å². The summed E-state index contributed by atoms with van der Waals surface area (Å²) in [5.41, 5.74) is 8.40. The lowest BCUT2D eigenvalue weighted by atomic mass is 10.2. The van der Waals surface area contributed by atoms with Crippen molar-refractivity contribution in [1.29, 1.82) is 0 Å². The normalized spacial score (nSPS) is 10.8. The van der Waals surface area contributed by atoms with Crippen LogP contribution in [0.2, 0.25) is 10.0 Å². The van der Waals surface area contributed by atoms with Gasteiger partial charge in [0.25, 0.3) is 0 Å². The largest absolute Gasteiger partial charge is 0.326 e. The van der Waals surface area contributed by atoms with Crippen LogP contribution in [-0.4, -0.2) is 9.78 Å². The zero-order valence-electron chi connectivity index (χ0n) is 8.74. The van der Waals surface area contributed by atoms with Gasteiger partial charge < -0.3 is 5.73 Å². The molecule has 0 aliphatic carbocycles. The first-order chi connectivity index (χ1) is 7.63. The van der Waals surface area contributed by atoms with E-state index < -0.39 is 0 Å². The summed E-state index contributed by atoms with van der Waals surface area (Å²) in [5.74, 6) is 0. The molecule has 0 atom stereocenters. The maximum atomic E-state index is 6.11. The molecule has 0 amide bonds. The number of hydrogen-bond donors (Lipinski definition) is 1. The molecule has 2 rings (SSSR count). The lowest BCUT2D eigenvalue weighted by Crippen LogP contribution is -2.02. The second-order valence-corrected chi connectivity index (χ2v) is 4.31. The van der Waals surface area contributed by atoms with Crippen LogP contribution < -0.4 is 5.73 Å². The van der Waals surface area contributed by atoms with Crippen molar-refractivity contribution >= 4 is 23.2 Å². The van der Waals surface area contributed by atoms with Crippen molar-refractivity contribution in [3.63, 3.8) is 0 Å². The van der Waals surface area contributed by atoms with E-state index in [-0.39, 0.29) is 0 Å². The minimum Gasteiger partial charge on any atom is -0.326 e. The zero-order chi connectivity index (χ0) is 11.7. The van der Waals surface area contributed by atoms with Crippen molar-refractivity contribution in [1.82, 2.24) is 9.78 Å². The van der Waals surface area contributed by atoms with Crippen LogP contribution in [0.5, 0.6) is 0 Å². The maximum absolute atomic E-state index is 6.11. The van der Waals surface area contributed by atoms with Gasteiger partial charge in [0, 0.05) is 22.8 Å². The van der Waals surface area contributed by atoms with Crippen LogP contribution in [0.3, 0.4) is 0 Å². The fraction of sp³-hybridized carbons (Fsp3) is 0.182. The Morgan fingerprint density at radius 3 is 2.69 bits per heavy atom. The Hall–Kier alpha value is -1.03. The first-order valence-electron chi connectivity index (χ1n) is 4.82. The molecule has 1 heterocycles. The highest BCUT2D eigenvalue weighted by molar-refractivity contribution is 6.35. The molecular weight excluding hydrogens is 245 g/mol. The van der Waals surface area contributed by atoms with E-state index in [4.69, 9.17) is 28.9 Å². The molecule has 16 heavy (non-hydrogen) atoms. The highest BCUT2D eigenvalue weighted by Crippen LogP contribution is 2.25. The molecule has 0 aliphatic rings. The Morgan fingerprint density at radius 2 is 2.12 bits per heavy atom. The van der Waals surface area contributed by atoms with E-state index in [1.165, 1.54) is 0 Å². The third-order valence-electron chi connectivity index (χ3n) is 2.47. The molecule has 0 saturated heterocycles. The van der Waals surface area contributed by atoms with Crippen molar-refractivity contribution < 1.29 is 0 Å². The second kappa shape index (κ2) is 4.45. The van der Waals surface area contributed by atoms with Gasteiger partial charge >= 0.3 is 0 Å². The molecule has 1 aromatic heterocycles. The van der Waals surface area contributed by atoms with Crippen LogP contribution in [0.4, 0.5) is 0 Å². The fourth-order valence-corrected chi connectivity index (χ4v) is 2.03. The van der Waals surface area contributed by atoms with Crippen LogP contribution >= 0.6 is 23.2 Å². The predicted octanol–water partition coefficient (Wildman–Crippen LogP) is 2.95. The lowest BCUT2D eigenvalue weighted by Gasteiger charge is -2.07. The molecule has 5 heteroatoms. The summed E-state index contributed by atoms with van der Waals surface area (Å²) in [7, 11) is 0. The molecule has 84 valence electrons. The van der Waals surface area contributed by atoms with Gasteiger partial charge in [-0.2, -0.15) is 5.10 Å². The van der Waals surface area contributed by atoms with Gasteiger partial charge in [-0.05, 0) is 25.1 Å². The molecule has 0 aliphatic heterocycles. The number of benzene rings is 1. The van der Waals surface area contributed by atoms with E-state index in [1.54, 1.807) is 23.0 Å². The summed E-state index contributed by atoms with van der Waals surface area (Å²) in [6, 6.07) is 5.32. The number of aromatic nitrogens is 2. The third-order valence-corrected chi connectivity index (χ3v) is 3.01. The fourth-order valence-electron chi connectivity index (χ4n) is 1.54. The van der Waals surface area contributed by atoms with Gasteiger partial charge in [-0.3, -0.25) is 0 Å². The molecule has 0 unspecified atom stereocenters. The SMILES string of the molecule is Cc1c(CN)cnn1-c1ccc(Cl)cc1Cl. The summed E-state index contributed by atoms with van der Waals surface area (Å²) < 4.78 is 1.76. The first-order valence-corrected chi connectivity index (χ1v) is 5.58. The van der Waals surface area contributed by atoms with Crippen molar-refractivity contribution in [3.8, 4) is 5.69 Å². The summed E-state index contributed by atoms with van der Waals surface area (Å²) in [6.07, 6.45) is 1.75. The predicted molar refractivity (Wildman–Crippen MR) is 66.2 cm³/mol. The average molecular weight is 256 g/mol. The molecule has 3 nitrogen and oxygen atoms in total. The minimum atomic E-state index is 0.469. The molecule has 2 N–H and O–H groups in total. The zero-order valence-corrected chi connectivity index (χ0v) is 10.3. The Morgan fingerprint density at radius 1 is 1.38 bits per heavy atom. The lowest BCUT2D eigenvalue weighted by molar-refractivity contribution is 0.843. The minimum absolute atomic E-state index is 0.469. The summed E-state index contributed by atoms with van der Waals surface area (Å²) in [6.45, 7) is 2.43. The number of nitrogens with two attached hydrogens (primary N) is 1. The topological polar surface area (TPSA) is 43.8 Å². The van der Waals surface area contributed by atoms with Crippen molar-refractivity contribution in [2.75, 3.05) is 0 Å². The van der Waals surface area contributed by atoms with E-state index in [0.29, 0.717) is 16.6 Å². The van der Waals surface area contributed by atoms with Crippen LogP contribution in [0.15, 0.2) is 24.4 Å². The van der Waals surface area contributed by atoms with Crippen LogP contribution in [0.1, 0.15) is 11.3 Å². The van der Waals surface area contributed by atoms with Gasteiger partial charge in [0.15, 0.2) is 0 Å². The van der Waals surface area contributed by atoms with Gasteiger partial charge in [0.2, 0.25) is 0 Å². The molecule has 0 bridgehead atoms. The van der Waals surface area contributed by atoms with Gasteiger partial charge in [0.05, 0.1) is 16.9 Å². The van der Waals surface area contributed by atoms with Crippen molar-refractivity contribution in [2.45, 2.75) is 13.5 Å². The number of rotatable bonds is 2. The Balaban J connectivity index is 2.54. The van der Waals surface area contributed by atoms with E-state index in [1.807, 2.05) is 13.0 Å². The number of halogens is 2. The number of hydrogen-bond acceptors (Lipinski definition) is 2. The molecule has 0 radical (unpaired) electrons. The number of nitrogens with zero attached hydrogens (tertiary/aromatic N) is 2. The van der Waals surface area contributed by atoms with Gasteiger partial charge in [-0.25, -0.2) is 4.68 Å². The molecule has 1 aromatic carbocycles. The van der Waals surface area contributed by atoms with Crippen molar-refractivity contribution in [2.24, 2.45) is 5.73 Å². The van der Waals surface area contributed by atoms with E-state index in [0.717, 1.165) is 16.9 Å². The summed E-state index contributed by atoms with van der Waals surface area (Å²) in [4.78, 5) is 0. The first kappa shape index (κ1) is 11.5. The Kier molecular flexibility index (Phi) is 3.19. The van der Waals surface area contributed by atoms with Crippen LogP contribution in [-0.2, 0) is 6.54 Å². The Labute approximate surface area is 104 Å². The standard InChI is InChI=1S/C11H11Cl2N3/c1-7-8(5-14)6-15-16(7)11-3-2-9(12)4-10(11)13/h2-4,6H,5,14H2,1H3. The summed E-state index contributed by atoms with van der Waals surface area (Å²) in [5, 5.41) is 5.44. The van der Waals surface area contributed by atoms with E-state index in [9.17, 15) is 0 Å². The third kappa shape index (κ3) is 1.94. The second-order valence-electron chi connectivity index (χ2n) is 3.47. The quantitative estimate of drug-likeness (QED) is 0.897. The average Bonchev–Trinajstić information content (AvgIpc) is 2.60. The highest BCUT2D eigenvalue weighted by atomic mass is 35.5. The van der Waals surface area contributed by atoms with Gasteiger partial charge in [-0.15, -0.1) is 0 Å². The molecule has 0 saturated carbocycles. The van der Waals surface area contributed by atoms with Crippen LogP contribution in [0.25, 0.3) is 5.69 Å². The Bertz CT molecular complexity index is 520. The highest BCUT2D eigenvalue weighted by Gasteiger charge is 2.09. The molecular formula is C11H11Cl2N3. The summed E-state index contributed by atoms with van der Waals surface area (Å²) >= 11 is 12.0. The molecule has 2 aromatic rings. The van der Waals surface area contributed by atoms with E-state index >= 15 is 0 Å². The molecule has 0 spiro atoms. The van der Waals surface area contributed by atoms with Gasteiger partial charge in [-0.1, -0.05) is 23.2 Å². The monoisotopic (exact) mass is 255 g/mol.